The number of rotatable bonds is 2. The minimum atomic E-state index is 0.442. The lowest BCUT2D eigenvalue weighted by molar-refractivity contribution is 0.257. The Morgan fingerprint density at radius 2 is 1.90 bits per heavy atom. The van der Waals surface area contributed by atoms with Gasteiger partial charge in [-0.3, -0.25) is 0 Å². The molecular formula is C19H23Br. The van der Waals surface area contributed by atoms with E-state index in [9.17, 15) is 0 Å². The normalized spacial score (nSPS) is 23.1. The first-order valence-electron chi connectivity index (χ1n) is 7.63. The predicted octanol–water partition coefficient (Wildman–Crippen LogP) is 6.41. The maximum Gasteiger partial charge on any atom is 0.0437 e. The van der Waals surface area contributed by atoms with Crippen molar-refractivity contribution in [1.29, 1.82) is 0 Å². The van der Waals surface area contributed by atoms with Crippen molar-refractivity contribution in [2.75, 3.05) is 0 Å². The van der Waals surface area contributed by atoms with Gasteiger partial charge in [0.15, 0.2) is 0 Å². The molecule has 0 nitrogen and oxygen atoms in total. The van der Waals surface area contributed by atoms with Crippen molar-refractivity contribution in [3.05, 3.63) is 47.5 Å². The van der Waals surface area contributed by atoms with Gasteiger partial charge in [-0.25, -0.2) is 0 Å². The Bertz CT molecular complexity index is 627. The fourth-order valence-corrected chi connectivity index (χ4v) is 5.46. The lowest BCUT2D eigenvalue weighted by Gasteiger charge is -2.32. The molecule has 106 valence electrons. The fourth-order valence-electron chi connectivity index (χ4n) is 3.87. The smallest absolute Gasteiger partial charge is 0.0437 e. The summed E-state index contributed by atoms with van der Waals surface area (Å²) in [6.07, 6.45) is 4.05. The second-order valence-electron chi connectivity index (χ2n) is 6.91. The van der Waals surface area contributed by atoms with Crippen LogP contribution in [0.15, 0.2) is 36.4 Å². The van der Waals surface area contributed by atoms with Crippen molar-refractivity contribution < 1.29 is 0 Å². The number of halogens is 1. The molecule has 0 aliphatic heterocycles. The monoisotopic (exact) mass is 330 g/mol. The first kappa shape index (κ1) is 14.1. The zero-order valence-corrected chi connectivity index (χ0v) is 14.2. The van der Waals surface area contributed by atoms with Crippen LogP contribution in [0, 0.1) is 18.3 Å². The van der Waals surface area contributed by atoms with Crippen LogP contribution >= 0.6 is 15.9 Å². The van der Waals surface area contributed by atoms with E-state index in [0.29, 0.717) is 10.2 Å². The molecule has 1 fully saturated rings. The average Bonchev–Trinajstić information content (AvgIpc) is 2.77. The number of benzene rings is 2. The molecule has 1 saturated carbocycles. The summed E-state index contributed by atoms with van der Waals surface area (Å²) in [4.78, 5) is 0.464. The van der Waals surface area contributed by atoms with E-state index in [1.807, 2.05) is 0 Å². The van der Waals surface area contributed by atoms with Crippen LogP contribution in [0.25, 0.3) is 10.8 Å². The average molecular weight is 331 g/mol. The van der Waals surface area contributed by atoms with Gasteiger partial charge in [-0.1, -0.05) is 72.6 Å². The van der Waals surface area contributed by atoms with Crippen molar-refractivity contribution >= 4 is 26.7 Å². The van der Waals surface area contributed by atoms with Crippen LogP contribution < -0.4 is 0 Å². The molecule has 2 aromatic carbocycles. The summed E-state index contributed by atoms with van der Waals surface area (Å²) in [5.41, 5.74) is 3.36. The molecule has 2 unspecified atom stereocenters. The molecule has 0 saturated heterocycles. The lowest BCUT2D eigenvalue weighted by atomic mass is 9.77. The first-order chi connectivity index (χ1) is 9.50. The molecule has 0 bridgehead atoms. The van der Waals surface area contributed by atoms with Crippen molar-refractivity contribution in [3.63, 3.8) is 0 Å². The Balaban J connectivity index is 2.12. The third-order valence-corrected chi connectivity index (χ3v) is 6.25. The van der Waals surface area contributed by atoms with Gasteiger partial charge in [0.25, 0.3) is 0 Å². The molecular weight excluding hydrogens is 308 g/mol. The third-order valence-electron chi connectivity index (χ3n) is 5.16. The Kier molecular flexibility index (Phi) is 3.66. The summed E-state index contributed by atoms with van der Waals surface area (Å²) in [7, 11) is 0. The van der Waals surface area contributed by atoms with Crippen molar-refractivity contribution in [3.8, 4) is 0 Å². The van der Waals surface area contributed by atoms with E-state index in [0.717, 1.165) is 5.92 Å². The highest BCUT2D eigenvalue weighted by molar-refractivity contribution is 9.09. The van der Waals surface area contributed by atoms with Crippen LogP contribution in [0.4, 0.5) is 0 Å². The number of alkyl halides is 1. The van der Waals surface area contributed by atoms with E-state index in [-0.39, 0.29) is 0 Å². The van der Waals surface area contributed by atoms with Gasteiger partial charge in [0, 0.05) is 4.83 Å². The molecule has 1 heteroatoms. The van der Waals surface area contributed by atoms with Crippen LogP contribution in [-0.4, -0.2) is 0 Å². The van der Waals surface area contributed by atoms with E-state index >= 15 is 0 Å². The predicted molar refractivity (Wildman–Crippen MR) is 91.5 cm³/mol. The number of aryl methyl sites for hydroxylation is 1. The molecule has 1 aliphatic rings. The van der Waals surface area contributed by atoms with Crippen molar-refractivity contribution in [2.45, 2.75) is 44.9 Å². The Hall–Kier alpha value is -0.820. The van der Waals surface area contributed by atoms with Gasteiger partial charge in [-0.05, 0) is 53.0 Å². The molecule has 2 aromatic rings. The topological polar surface area (TPSA) is 0 Å². The van der Waals surface area contributed by atoms with Crippen molar-refractivity contribution in [1.82, 2.24) is 0 Å². The Morgan fingerprint density at radius 3 is 2.60 bits per heavy atom. The highest BCUT2D eigenvalue weighted by Gasteiger charge is 2.39. The Labute approximate surface area is 130 Å². The minimum Gasteiger partial charge on any atom is -0.0835 e. The van der Waals surface area contributed by atoms with E-state index < -0.39 is 0 Å². The van der Waals surface area contributed by atoms with Crippen LogP contribution in [0.1, 0.15) is 49.1 Å². The standard InChI is InChI=1S/C19H23Br/c1-13-10-11-14-7-4-5-8-15(14)17(13)18(20)16-9-6-12-19(16,2)3/h4-5,7-8,10-11,16,18H,6,9,12H2,1-3H3. The number of hydrogen-bond donors (Lipinski definition) is 0. The molecule has 0 radical (unpaired) electrons. The lowest BCUT2D eigenvalue weighted by Crippen LogP contribution is -2.21. The maximum atomic E-state index is 4.06. The minimum absolute atomic E-state index is 0.442. The van der Waals surface area contributed by atoms with Gasteiger partial charge in [0.1, 0.15) is 0 Å². The summed E-state index contributed by atoms with van der Waals surface area (Å²) >= 11 is 4.06. The molecule has 0 spiro atoms. The Morgan fingerprint density at radius 1 is 1.15 bits per heavy atom. The van der Waals surface area contributed by atoms with Gasteiger partial charge < -0.3 is 0 Å². The molecule has 0 heterocycles. The molecule has 20 heavy (non-hydrogen) atoms. The molecule has 0 N–H and O–H groups in total. The number of fused-ring (bicyclic) bond motifs is 1. The SMILES string of the molecule is Cc1ccc2ccccc2c1C(Br)C1CCCC1(C)C. The molecule has 0 amide bonds. The molecule has 2 atom stereocenters. The number of hydrogen-bond acceptors (Lipinski definition) is 0. The van der Waals surface area contributed by atoms with Gasteiger partial charge in [-0.2, -0.15) is 0 Å². The van der Waals surface area contributed by atoms with Crippen molar-refractivity contribution in [2.24, 2.45) is 11.3 Å². The van der Waals surface area contributed by atoms with E-state index in [1.165, 1.54) is 41.2 Å². The second kappa shape index (κ2) is 5.18. The maximum absolute atomic E-state index is 4.06. The summed E-state index contributed by atoms with van der Waals surface area (Å²) < 4.78 is 0. The zero-order chi connectivity index (χ0) is 14.3. The third kappa shape index (κ3) is 2.30. The summed E-state index contributed by atoms with van der Waals surface area (Å²) in [5.74, 6) is 0.729. The highest BCUT2D eigenvalue weighted by Crippen LogP contribution is 2.53. The highest BCUT2D eigenvalue weighted by atomic mass is 79.9. The van der Waals surface area contributed by atoms with Crippen LogP contribution in [0.3, 0.4) is 0 Å². The van der Waals surface area contributed by atoms with Gasteiger partial charge >= 0.3 is 0 Å². The van der Waals surface area contributed by atoms with Gasteiger partial charge in [0.05, 0.1) is 0 Å². The van der Waals surface area contributed by atoms with Gasteiger partial charge in [0.2, 0.25) is 0 Å². The van der Waals surface area contributed by atoms with E-state index in [1.54, 1.807) is 0 Å². The van der Waals surface area contributed by atoms with Crippen LogP contribution in [-0.2, 0) is 0 Å². The zero-order valence-electron chi connectivity index (χ0n) is 12.6. The largest absolute Gasteiger partial charge is 0.0835 e. The summed E-state index contributed by atoms with van der Waals surface area (Å²) in [6.45, 7) is 7.11. The first-order valence-corrected chi connectivity index (χ1v) is 8.54. The molecule has 1 aliphatic carbocycles. The summed E-state index contributed by atoms with van der Waals surface area (Å²) in [6, 6.07) is 13.3. The van der Waals surface area contributed by atoms with E-state index in [4.69, 9.17) is 0 Å². The van der Waals surface area contributed by atoms with Gasteiger partial charge in [-0.15, -0.1) is 0 Å². The molecule has 3 rings (SSSR count). The van der Waals surface area contributed by atoms with Crippen LogP contribution in [0.2, 0.25) is 0 Å². The quantitative estimate of drug-likeness (QED) is 0.558. The second-order valence-corrected chi connectivity index (χ2v) is 7.89. The summed E-state index contributed by atoms with van der Waals surface area (Å²) in [5, 5.41) is 2.77. The molecule has 0 aromatic heterocycles. The van der Waals surface area contributed by atoms with Crippen LogP contribution in [0.5, 0.6) is 0 Å². The van der Waals surface area contributed by atoms with E-state index in [2.05, 4.69) is 73.1 Å². The fraction of sp³-hybridized carbons (Fsp3) is 0.474.